The second-order valence-corrected chi connectivity index (χ2v) is 4.95. The van der Waals surface area contributed by atoms with Gasteiger partial charge in [0, 0.05) is 18.8 Å². The van der Waals surface area contributed by atoms with Crippen LogP contribution in [0.15, 0.2) is 12.4 Å². The van der Waals surface area contributed by atoms with Gasteiger partial charge in [-0.05, 0) is 20.8 Å². The summed E-state index contributed by atoms with van der Waals surface area (Å²) in [7, 11) is 1.46. The summed E-state index contributed by atoms with van der Waals surface area (Å²) in [4.78, 5) is 11.3. The number of halogens is 3. The lowest BCUT2D eigenvalue weighted by Crippen LogP contribution is -2.30. The van der Waals surface area contributed by atoms with Crippen LogP contribution in [0.2, 0.25) is 0 Å². The van der Waals surface area contributed by atoms with Gasteiger partial charge in [-0.25, -0.2) is 4.79 Å². The van der Waals surface area contributed by atoms with Crippen molar-refractivity contribution in [3.63, 3.8) is 0 Å². The normalized spacial score (nSPS) is 14.1. The van der Waals surface area contributed by atoms with Gasteiger partial charge in [-0.2, -0.15) is 18.3 Å². The lowest BCUT2D eigenvalue weighted by atomic mass is 10.2. The van der Waals surface area contributed by atoms with Crippen LogP contribution < -0.4 is 0 Å². The maximum absolute atomic E-state index is 12.8. The molecule has 1 heterocycles. The third-order valence-electron chi connectivity index (χ3n) is 1.93. The van der Waals surface area contributed by atoms with E-state index in [2.05, 4.69) is 9.84 Å². The number of ether oxygens (including phenoxy) is 2. The Morgan fingerprint density at radius 3 is 2.32 bits per heavy atom. The second-order valence-electron chi connectivity index (χ2n) is 4.95. The van der Waals surface area contributed by atoms with Gasteiger partial charge in [-0.1, -0.05) is 0 Å². The fourth-order valence-corrected chi connectivity index (χ4v) is 1.27. The molecular formula is C11H15F3N2O3. The molecule has 1 rings (SSSR count). The molecule has 0 aliphatic carbocycles. The first-order valence-corrected chi connectivity index (χ1v) is 5.44. The van der Waals surface area contributed by atoms with Gasteiger partial charge in [-0.15, -0.1) is 0 Å². The number of carbonyl (C=O) groups excluding carboxylic acids is 1. The average molecular weight is 280 g/mol. The lowest BCUT2D eigenvalue weighted by molar-refractivity contribution is -0.214. The Labute approximate surface area is 108 Å². The summed E-state index contributed by atoms with van der Waals surface area (Å²) in [6.45, 7) is 4.59. The molecular weight excluding hydrogens is 265 g/mol. The van der Waals surface area contributed by atoms with Crippen molar-refractivity contribution in [1.82, 2.24) is 9.78 Å². The molecule has 19 heavy (non-hydrogen) atoms. The van der Waals surface area contributed by atoms with Crippen molar-refractivity contribution in [2.24, 2.45) is 7.05 Å². The molecule has 8 heteroatoms. The van der Waals surface area contributed by atoms with Gasteiger partial charge in [0.1, 0.15) is 5.60 Å². The Morgan fingerprint density at radius 1 is 1.37 bits per heavy atom. The van der Waals surface area contributed by atoms with Gasteiger partial charge in [-0.3, -0.25) is 4.68 Å². The first-order chi connectivity index (χ1) is 8.49. The smallest absolute Gasteiger partial charge is 0.429 e. The quantitative estimate of drug-likeness (QED) is 0.781. The van der Waals surface area contributed by atoms with Crippen LogP contribution in [0, 0.1) is 0 Å². The average Bonchev–Trinajstić information content (AvgIpc) is 2.56. The summed E-state index contributed by atoms with van der Waals surface area (Å²) in [5.74, 6) is 0. The number of hydrogen-bond acceptors (Lipinski definition) is 4. The maximum Gasteiger partial charge on any atom is 0.509 e. The largest absolute Gasteiger partial charge is 0.509 e. The predicted molar refractivity (Wildman–Crippen MR) is 59.3 cm³/mol. The highest BCUT2D eigenvalue weighted by molar-refractivity contribution is 5.61. The first-order valence-electron chi connectivity index (χ1n) is 5.44. The van der Waals surface area contributed by atoms with Crippen LogP contribution in [-0.4, -0.2) is 27.7 Å². The second kappa shape index (κ2) is 5.10. The molecule has 0 bridgehead atoms. The standard InChI is InChI=1S/C11H15F3N2O3/c1-10(2,3)19-9(17)18-8(11(12,13)14)7-5-15-16(4)6-7/h5-6,8H,1-4H3/t8-/m1/s1. The van der Waals surface area contributed by atoms with Gasteiger partial charge in [0.25, 0.3) is 0 Å². The van der Waals surface area contributed by atoms with E-state index in [1.807, 2.05) is 0 Å². The van der Waals surface area contributed by atoms with Crippen molar-refractivity contribution in [3.8, 4) is 0 Å². The van der Waals surface area contributed by atoms with Gasteiger partial charge in [0.2, 0.25) is 6.10 Å². The first kappa shape index (κ1) is 15.3. The maximum atomic E-state index is 12.8. The topological polar surface area (TPSA) is 53.4 Å². The van der Waals surface area contributed by atoms with E-state index in [0.717, 1.165) is 12.4 Å². The Hall–Kier alpha value is -1.73. The molecule has 0 aliphatic rings. The van der Waals surface area contributed by atoms with Gasteiger partial charge in [0.15, 0.2) is 0 Å². The molecule has 0 unspecified atom stereocenters. The number of aromatic nitrogens is 2. The van der Waals surface area contributed by atoms with E-state index in [4.69, 9.17) is 4.74 Å². The fraction of sp³-hybridized carbons (Fsp3) is 0.636. The molecule has 0 spiro atoms. The fourth-order valence-electron chi connectivity index (χ4n) is 1.27. The van der Waals surface area contributed by atoms with Crippen LogP contribution in [0.3, 0.4) is 0 Å². The molecule has 108 valence electrons. The predicted octanol–water partition coefficient (Wildman–Crippen LogP) is 2.98. The summed E-state index contributed by atoms with van der Waals surface area (Å²) in [6.07, 6.45) is -6.39. The molecule has 0 amide bonds. The lowest BCUT2D eigenvalue weighted by Gasteiger charge is -2.23. The van der Waals surface area contributed by atoms with E-state index in [-0.39, 0.29) is 5.56 Å². The zero-order valence-electron chi connectivity index (χ0n) is 11.0. The number of carbonyl (C=O) groups is 1. The summed E-state index contributed by atoms with van der Waals surface area (Å²) in [5.41, 5.74) is -1.19. The SMILES string of the molecule is Cn1cc([C@@H](OC(=O)OC(C)(C)C)C(F)(F)F)cn1. The van der Waals surface area contributed by atoms with Crippen LogP contribution in [0.25, 0.3) is 0 Å². The number of alkyl halides is 3. The zero-order chi connectivity index (χ0) is 14.8. The van der Waals surface area contributed by atoms with Crippen LogP contribution in [-0.2, 0) is 16.5 Å². The number of nitrogens with zero attached hydrogens (tertiary/aromatic N) is 2. The summed E-state index contributed by atoms with van der Waals surface area (Å²) in [5, 5.41) is 3.62. The molecule has 1 aromatic rings. The molecule has 0 radical (unpaired) electrons. The molecule has 0 saturated carbocycles. The van der Waals surface area contributed by atoms with Crippen molar-refractivity contribution in [2.75, 3.05) is 0 Å². The minimum absolute atomic E-state index is 0.263. The molecule has 0 aromatic carbocycles. The molecule has 0 aliphatic heterocycles. The van der Waals surface area contributed by atoms with E-state index in [0.29, 0.717) is 0 Å². The van der Waals surface area contributed by atoms with E-state index in [1.165, 1.54) is 32.5 Å². The van der Waals surface area contributed by atoms with Gasteiger partial charge < -0.3 is 9.47 Å². The Morgan fingerprint density at radius 2 is 1.95 bits per heavy atom. The van der Waals surface area contributed by atoms with Crippen LogP contribution in [0.4, 0.5) is 18.0 Å². The van der Waals surface area contributed by atoms with Crippen molar-refractivity contribution in [2.45, 2.75) is 38.7 Å². The molecule has 0 saturated heterocycles. The van der Waals surface area contributed by atoms with E-state index in [9.17, 15) is 18.0 Å². The van der Waals surface area contributed by atoms with Crippen molar-refractivity contribution >= 4 is 6.16 Å². The highest BCUT2D eigenvalue weighted by Crippen LogP contribution is 2.36. The Bertz CT molecular complexity index is 449. The number of hydrogen-bond donors (Lipinski definition) is 0. The Balaban J connectivity index is 2.86. The zero-order valence-corrected chi connectivity index (χ0v) is 11.0. The third kappa shape index (κ3) is 4.80. The van der Waals surface area contributed by atoms with Crippen LogP contribution in [0.5, 0.6) is 0 Å². The van der Waals surface area contributed by atoms with Gasteiger partial charge in [0.05, 0.1) is 6.20 Å². The van der Waals surface area contributed by atoms with E-state index >= 15 is 0 Å². The van der Waals surface area contributed by atoms with Crippen LogP contribution in [0.1, 0.15) is 32.4 Å². The highest BCUT2D eigenvalue weighted by Gasteiger charge is 2.45. The van der Waals surface area contributed by atoms with Gasteiger partial charge >= 0.3 is 12.3 Å². The molecule has 1 aromatic heterocycles. The summed E-state index contributed by atoms with van der Waals surface area (Å²) >= 11 is 0. The van der Waals surface area contributed by atoms with Crippen molar-refractivity contribution < 1.29 is 27.4 Å². The van der Waals surface area contributed by atoms with Crippen molar-refractivity contribution in [3.05, 3.63) is 18.0 Å². The molecule has 5 nitrogen and oxygen atoms in total. The molecule has 0 N–H and O–H groups in total. The summed E-state index contributed by atoms with van der Waals surface area (Å²) in [6, 6.07) is 0. The monoisotopic (exact) mass is 280 g/mol. The number of aryl methyl sites for hydroxylation is 1. The van der Waals surface area contributed by atoms with E-state index in [1.54, 1.807) is 0 Å². The van der Waals surface area contributed by atoms with Crippen LogP contribution >= 0.6 is 0 Å². The highest BCUT2D eigenvalue weighted by atomic mass is 19.4. The third-order valence-corrected chi connectivity index (χ3v) is 1.93. The van der Waals surface area contributed by atoms with E-state index < -0.39 is 24.0 Å². The molecule has 0 fully saturated rings. The molecule has 1 atom stereocenters. The Kier molecular flexibility index (Phi) is 4.12. The minimum Gasteiger partial charge on any atom is -0.429 e. The summed E-state index contributed by atoms with van der Waals surface area (Å²) < 4.78 is 48.8. The van der Waals surface area contributed by atoms with Crippen molar-refractivity contribution in [1.29, 1.82) is 0 Å². The minimum atomic E-state index is -4.74. The number of rotatable bonds is 2.